The van der Waals surface area contributed by atoms with E-state index in [2.05, 4.69) is 5.32 Å². The Labute approximate surface area is 110 Å². The number of hydrogen-bond donors (Lipinski definition) is 3. The Kier molecular flexibility index (Phi) is 6.65. The summed E-state index contributed by atoms with van der Waals surface area (Å²) in [6.07, 6.45) is 7.23. The Hall–Kier alpha value is -0.610. The summed E-state index contributed by atoms with van der Waals surface area (Å²) in [5.41, 5.74) is 5.53. The van der Waals surface area contributed by atoms with Gasteiger partial charge in [-0.2, -0.15) is 0 Å². The average Bonchev–Trinajstić information content (AvgIpc) is 2.62. The molecule has 4 nitrogen and oxygen atoms in total. The second-order valence-corrected chi connectivity index (χ2v) is 5.73. The maximum absolute atomic E-state index is 12.4. The average molecular weight is 256 g/mol. The van der Waals surface area contributed by atoms with Gasteiger partial charge in [0.1, 0.15) is 0 Å². The van der Waals surface area contributed by atoms with Crippen molar-refractivity contribution < 1.29 is 9.90 Å². The summed E-state index contributed by atoms with van der Waals surface area (Å²) in [4.78, 5) is 12.4. The van der Waals surface area contributed by atoms with Gasteiger partial charge in [-0.1, -0.05) is 32.6 Å². The van der Waals surface area contributed by atoms with E-state index in [1.54, 1.807) is 0 Å². The van der Waals surface area contributed by atoms with E-state index in [0.717, 1.165) is 32.1 Å². The predicted octanol–water partition coefficient (Wildman–Crippen LogP) is 1.42. The highest BCUT2D eigenvalue weighted by atomic mass is 16.3. The second-order valence-electron chi connectivity index (χ2n) is 5.73. The summed E-state index contributed by atoms with van der Waals surface area (Å²) >= 11 is 0. The highest BCUT2D eigenvalue weighted by Crippen LogP contribution is 2.34. The molecule has 0 spiro atoms. The maximum atomic E-state index is 12.4. The number of rotatable bonds is 6. The van der Waals surface area contributed by atoms with Gasteiger partial charge in [-0.25, -0.2) is 0 Å². The molecule has 1 saturated carbocycles. The van der Waals surface area contributed by atoms with E-state index in [1.165, 1.54) is 12.8 Å². The fraction of sp³-hybridized carbons (Fsp3) is 0.929. The SMILES string of the molecule is CC(CCO)CNC(=O)C1(CN)CCCCCC1. The molecule has 106 valence electrons. The standard InChI is InChI=1S/C14H28N2O2/c1-12(6-9-17)10-16-13(18)14(11-15)7-4-2-3-5-8-14/h12,17H,2-11,15H2,1H3,(H,16,18). The van der Waals surface area contributed by atoms with Crippen molar-refractivity contribution in [1.29, 1.82) is 0 Å². The summed E-state index contributed by atoms with van der Waals surface area (Å²) in [5, 5.41) is 11.9. The molecule has 4 N–H and O–H groups in total. The third-order valence-corrected chi connectivity index (χ3v) is 4.17. The van der Waals surface area contributed by atoms with Gasteiger partial charge in [-0.15, -0.1) is 0 Å². The van der Waals surface area contributed by atoms with E-state index in [0.29, 0.717) is 19.0 Å². The summed E-state index contributed by atoms with van der Waals surface area (Å²) < 4.78 is 0. The van der Waals surface area contributed by atoms with Gasteiger partial charge in [0.15, 0.2) is 0 Å². The van der Waals surface area contributed by atoms with Crippen LogP contribution in [0.2, 0.25) is 0 Å². The normalized spacial score (nSPS) is 21.1. The van der Waals surface area contributed by atoms with Crippen molar-refractivity contribution in [3.8, 4) is 0 Å². The quantitative estimate of drug-likeness (QED) is 0.629. The molecular formula is C14H28N2O2. The molecule has 1 amide bonds. The zero-order chi connectivity index (χ0) is 13.4. The molecule has 18 heavy (non-hydrogen) atoms. The molecule has 1 fully saturated rings. The van der Waals surface area contributed by atoms with Crippen LogP contribution in [0, 0.1) is 11.3 Å². The molecule has 0 saturated heterocycles. The lowest BCUT2D eigenvalue weighted by Crippen LogP contribution is -2.46. The largest absolute Gasteiger partial charge is 0.396 e. The van der Waals surface area contributed by atoms with E-state index in [1.807, 2.05) is 6.92 Å². The first-order valence-corrected chi connectivity index (χ1v) is 7.24. The molecule has 1 rings (SSSR count). The maximum Gasteiger partial charge on any atom is 0.227 e. The molecular weight excluding hydrogens is 228 g/mol. The van der Waals surface area contributed by atoms with Gasteiger partial charge >= 0.3 is 0 Å². The van der Waals surface area contributed by atoms with Crippen LogP contribution in [0.25, 0.3) is 0 Å². The van der Waals surface area contributed by atoms with Crippen LogP contribution in [0.15, 0.2) is 0 Å². The lowest BCUT2D eigenvalue weighted by atomic mass is 9.79. The number of aliphatic hydroxyl groups is 1. The summed E-state index contributed by atoms with van der Waals surface area (Å²) in [5.74, 6) is 0.441. The van der Waals surface area contributed by atoms with Crippen LogP contribution < -0.4 is 11.1 Å². The zero-order valence-electron chi connectivity index (χ0n) is 11.6. The molecule has 1 aliphatic carbocycles. The lowest BCUT2D eigenvalue weighted by Gasteiger charge is -2.30. The predicted molar refractivity (Wildman–Crippen MR) is 73.1 cm³/mol. The van der Waals surface area contributed by atoms with Gasteiger partial charge in [0.25, 0.3) is 0 Å². The van der Waals surface area contributed by atoms with Crippen molar-refractivity contribution in [3.63, 3.8) is 0 Å². The molecule has 1 aliphatic rings. The Morgan fingerprint density at radius 3 is 2.44 bits per heavy atom. The molecule has 0 aliphatic heterocycles. The lowest BCUT2D eigenvalue weighted by molar-refractivity contribution is -0.131. The van der Waals surface area contributed by atoms with Crippen molar-refractivity contribution in [3.05, 3.63) is 0 Å². The van der Waals surface area contributed by atoms with Crippen molar-refractivity contribution in [2.24, 2.45) is 17.1 Å². The minimum absolute atomic E-state index is 0.122. The first kappa shape index (κ1) is 15.4. The number of amides is 1. The second kappa shape index (κ2) is 7.74. The van der Waals surface area contributed by atoms with Crippen LogP contribution in [0.4, 0.5) is 0 Å². The molecule has 1 atom stereocenters. The van der Waals surface area contributed by atoms with Gasteiger partial charge < -0.3 is 16.2 Å². The number of nitrogens with two attached hydrogens (primary N) is 1. The molecule has 0 aromatic carbocycles. The molecule has 0 aromatic heterocycles. The van der Waals surface area contributed by atoms with Gasteiger partial charge in [-0.3, -0.25) is 4.79 Å². The Balaban J connectivity index is 2.50. The van der Waals surface area contributed by atoms with Crippen LogP contribution in [0.3, 0.4) is 0 Å². The van der Waals surface area contributed by atoms with Crippen molar-refractivity contribution in [2.45, 2.75) is 51.9 Å². The summed E-state index contributed by atoms with van der Waals surface area (Å²) in [7, 11) is 0. The first-order valence-electron chi connectivity index (χ1n) is 7.24. The fourth-order valence-corrected chi connectivity index (χ4v) is 2.71. The Morgan fingerprint density at radius 1 is 1.33 bits per heavy atom. The van der Waals surface area contributed by atoms with E-state index in [-0.39, 0.29) is 17.9 Å². The van der Waals surface area contributed by atoms with Gasteiger partial charge in [0.2, 0.25) is 5.91 Å². The van der Waals surface area contributed by atoms with Crippen LogP contribution >= 0.6 is 0 Å². The smallest absolute Gasteiger partial charge is 0.227 e. The summed E-state index contributed by atoms with van der Waals surface area (Å²) in [6, 6.07) is 0. The van der Waals surface area contributed by atoms with Crippen molar-refractivity contribution >= 4 is 5.91 Å². The monoisotopic (exact) mass is 256 g/mol. The van der Waals surface area contributed by atoms with E-state index in [9.17, 15) is 4.79 Å². The highest BCUT2D eigenvalue weighted by Gasteiger charge is 2.36. The molecule has 0 bridgehead atoms. The van der Waals surface area contributed by atoms with Crippen LogP contribution in [-0.4, -0.2) is 30.7 Å². The van der Waals surface area contributed by atoms with Gasteiger partial charge in [0.05, 0.1) is 5.41 Å². The minimum Gasteiger partial charge on any atom is -0.396 e. The zero-order valence-corrected chi connectivity index (χ0v) is 11.6. The third-order valence-electron chi connectivity index (χ3n) is 4.17. The number of carbonyl (C=O) groups excluding carboxylic acids is 1. The Morgan fingerprint density at radius 2 is 1.94 bits per heavy atom. The van der Waals surface area contributed by atoms with Gasteiger partial charge in [0, 0.05) is 19.7 Å². The van der Waals surface area contributed by atoms with Crippen LogP contribution in [-0.2, 0) is 4.79 Å². The Bertz CT molecular complexity index is 248. The number of hydrogen-bond acceptors (Lipinski definition) is 3. The topological polar surface area (TPSA) is 75.3 Å². The van der Waals surface area contributed by atoms with Gasteiger partial charge in [-0.05, 0) is 25.2 Å². The molecule has 0 aromatic rings. The van der Waals surface area contributed by atoms with E-state index in [4.69, 9.17) is 10.8 Å². The minimum atomic E-state index is -0.338. The van der Waals surface area contributed by atoms with E-state index >= 15 is 0 Å². The number of nitrogens with one attached hydrogen (secondary N) is 1. The molecule has 4 heteroatoms. The first-order chi connectivity index (χ1) is 8.64. The van der Waals surface area contributed by atoms with Crippen molar-refractivity contribution in [2.75, 3.05) is 19.7 Å². The highest BCUT2D eigenvalue weighted by molar-refractivity contribution is 5.82. The van der Waals surface area contributed by atoms with E-state index < -0.39 is 0 Å². The summed E-state index contributed by atoms with van der Waals surface area (Å²) in [6.45, 7) is 3.31. The fourth-order valence-electron chi connectivity index (χ4n) is 2.71. The van der Waals surface area contributed by atoms with Crippen molar-refractivity contribution in [1.82, 2.24) is 5.32 Å². The molecule has 0 heterocycles. The number of aliphatic hydroxyl groups excluding tert-OH is 1. The van der Waals surface area contributed by atoms with Crippen LogP contribution in [0.5, 0.6) is 0 Å². The molecule has 0 radical (unpaired) electrons. The van der Waals surface area contributed by atoms with Crippen LogP contribution in [0.1, 0.15) is 51.9 Å². The third kappa shape index (κ3) is 4.25. The molecule has 1 unspecified atom stereocenters. The number of carbonyl (C=O) groups is 1.